The molecular weight excluding hydrogens is 390 g/mol. The number of halogens is 1. The molecule has 4 aromatic rings. The van der Waals surface area contributed by atoms with Crippen molar-refractivity contribution in [2.45, 2.75) is 19.4 Å². The van der Waals surface area contributed by atoms with E-state index in [4.69, 9.17) is 20.8 Å². The van der Waals surface area contributed by atoms with E-state index in [1.165, 1.54) is 6.92 Å². The third-order valence-electron chi connectivity index (χ3n) is 4.68. The zero-order valence-electron chi connectivity index (χ0n) is 15.6. The summed E-state index contributed by atoms with van der Waals surface area (Å²) in [5.74, 6) is -0.962. The van der Waals surface area contributed by atoms with E-state index in [1.807, 2.05) is 36.4 Å². The molecule has 0 fully saturated rings. The zero-order chi connectivity index (χ0) is 20.4. The number of fused-ring (bicyclic) bond motifs is 3. The van der Waals surface area contributed by atoms with Crippen molar-refractivity contribution >= 4 is 50.9 Å². The normalized spacial score (nSPS) is 12.1. The Morgan fingerprint density at radius 3 is 2.66 bits per heavy atom. The lowest BCUT2D eigenvalue weighted by molar-refractivity contribution is -0.152. The lowest BCUT2D eigenvalue weighted by Crippen LogP contribution is -2.30. The summed E-state index contributed by atoms with van der Waals surface area (Å²) in [6, 6.07) is 18.6. The average molecular weight is 408 g/mol. The van der Waals surface area contributed by atoms with Crippen molar-refractivity contribution in [1.29, 1.82) is 0 Å². The van der Waals surface area contributed by atoms with Gasteiger partial charge in [-0.1, -0.05) is 54.1 Å². The fraction of sp³-hybridized carbons (Fsp3) is 0.130. The monoisotopic (exact) mass is 407 g/mol. The molecule has 0 saturated heterocycles. The first-order valence-electron chi connectivity index (χ1n) is 9.15. The number of ether oxygens (including phenoxy) is 1. The van der Waals surface area contributed by atoms with E-state index in [0.29, 0.717) is 16.3 Å². The van der Waals surface area contributed by atoms with Crippen LogP contribution in [-0.2, 0) is 20.7 Å². The van der Waals surface area contributed by atoms with Crippen molar-refractivity contribution < 1.29 is 18.7 Å². The number of esters is 1. The second-order valence-electron chi connectivity index (χ2n) is 6.70. The molecule has 1 aromatic heterocycles. The topological polar surface area (TPSA) is 68.5 Å². The van der Waals surface area contributed by atoms with Gasteiger partial charge in [0, 0.05) is 10.9 Å². The highest BCUT2D eigenvalue weighted by molar-refractivity contribution is 6.33. The first kappa shape index (κ1) is 19.0. The van der Waals surface area contributed by atoms with Crippen molar-refractivity contribution in [2.75, 3.05) is 5.32 Å². The van der Waals surface area contributed by atoms with E-state index in [-0.39, 0.29) is 6.42 Å². The molecule has 0 bridgehead atoms. The minimum atomic E-state index is -0.964. The third-order valence-corrected chi connectivity index (χ3v) is 5.01. The van der Waals surface area contributed by atoms with Crippen LogP contribution in [-0.4, -0.2) is 18.0 Å². The van der Waals surface area contributed by atoms with Gasteiger partial charge in [-0.2, -0.15) is 0 Å². The first-order chi connectivity index (χ1) is 14.0. The van der Waals surface area contributed by atoms with Gasteiger partial charge in [0.25, 0.3) is 5.91 Å². The maximum atomic E-state index is 12.5. The summed E-state index contributed by atoms with van der Waals surface area (Å²) in [4.78, 5) is 24.8. The van der Waals surface area contributed by atoms with Crippen LogP contribution in [0.25, 0.3) is 21.7 Å². The van der Waals surface area contributed by atoms with Crippen LogP contribution in [0.15, 0.2) is 71.3 Å². The highest BCUT2D eigenvalue weighted by atomic mass is 35.5. The van der Waals surface area contributed by atoms with Crippen LogP contribution in [0.3, 0.4) is 0 Å². The zero-order valence-corrected chi connectivity index (χ0v) is 16.4. The van der Waals surface area contributed by atoms with E-state index >= 15 is 0 Å². The number of anilines is 1. The largest absolute Gasteiger partial charge is 0.464 e. The summed E-state index contributed by atoms with van der Waals surface area (Å²) in [6.45, 7) is 1.52. The predicted molar refractivity (Wildman–Crippen MR) is 113 cm³/mol. The van der Waals surface area contributed by atoms with Gasteiger partial charge in [-0.3, -0.25) is 9.59 Å². The molecule has 0 aliphatic rings. The summed E-state index contributed by atoms with van der Waals surface area (Å²) in [7, 11) is 0. The van der Waals surface area contributed by atoms with Crippen molar-refractivity contribution in [3.63, 3.8) is 0 Å². The molecule has 4 rings (SSSR count). The maximum absolute atomic E-state index is 12.5. The Kier molecular flexibility index (Phi) is 5.23. The fourth-order valence-electron chi connectivity index (χ4n) is 3.25. The molecule has 0 radical (unpaired) electrons. The number of hydrogen-bond acceptors (Lipinski definition) is 4. The van der Waals surface area contributed by atoms with Gasteiger partial charge < -0.3 is 14.5 Å². The molecule has 6 heteroatoms. The Morgan fingerprint density at radius 1 is 1.07 bits per heavy atom. The second kappa shape index (κ2) is 7.97. The molecule has 1 N–H and O–H groups in total. The number of para-hydroxylation sites is 1. The minimum absolute atomic E-state index is 0.00468. The van der Waals surface area contributed by atoms with Gasteiger partial charge in [-0.15, -0.1) is 0 Å². The highest BCUT2D eigenvalue weighted by Crippen LogP contribution is 2.30. The SMILES string of the molecule is C[C@H](OC(=O)Cc1coc2ccc3ccccc3c12)C(=O)Nc1ccccc1Cl. The van der Waals surface area contributed by atoms with Crippen LogP contribution >= 0.6 is 11.6 Å². The number of nitrogens with one attached hydrogen (secondary N) is 1. The van der Waals surface area contributed by atoms with Crippen molar-refractivity contribution in [3.05, 3.63) is 77.5 Å². The molecule has 0 saturated carbocycles. The number of carbonyl (C=O) groups is 2. The third kappa shape index (κ3) is 3.96. The summed E-state index contributed by atoms with van der Waals surface area (Å²) in [5.41, 5.74) is 1.89. The van der Waals surface area contributed by atoms with Crippen LogP contribution in [0.1, 0.15) is 12.5 Å². The molecule has 29 heavy (non-hydrogen) atoms. The minimum Gasteiger partial charge on any atom is -0.464 e. The van der Waals surface area contributed by atoms with E-state index in [9.17, 15) is 9.59 Å². The Labute approximate surface area is 172 Å². The lowest BCUT2D eigenvalue weighted by atomic mass is 10.0. The Hall–Kier alpha value is -3.31. The number of benzene rings is 3. The number of carbonyl (C=O) groups excluding carboxylic acids is 2. The van der Waals surface area contributed by atoms with Gasteiger partial charge in [0.05, 0.1) is 23.4 Å². The lowest BCUT2D eigenvalue weighted by Gasteiger charge is -2.14. The Balaban J connectivity index is 1.48. The van der Waals surface area contributed by atoms with Crippen molar-refractivity contribution in [2.24, 2.45) is 0 Å². The van der Waals surface area contributed by atoms with Gasteiger partial charge in [0.15, 0.2) is 6.10 Å². The molecule has 1 heterocycles. The number of amides is 1. The van der Waals surface area contributed by atoms with Crippen LogP contribution in [0.2, 0.25) is 5.02 Å². The molecule has 0 aliphatic carbocycles. The number of furan rings is 1. The number of rotatable bonds is 5. The standard InChI is InChI=1S/C23H18ClNO4/c1-14(23(27)25-19-9-5-4-8-18(19)24)29-21(26)12-16-13-28-20-11-10-15-6-2-3-7-17(15)22(16)20/h2-11,13-14H,12H2,1H3,(H,25,27)/t14-/m0/s1. The molecule has 1 amide bonds. The van der Waals surface area contributed by atoms with Gasteiger partial charge >= 0.3 is 5.97 Å². The molecule has 0 spiro atoms. The van der Waals surface area contributed by atoms with E-state index in [0.717, 1.165) is 21.7 Å². The van der Waals surface area contributed by atoms with Gasteiger partial charge in [0.2, 0.25) is 0 Å². The van der Waals surface area contributed by atoms with Gasteiger partial charge in [0.1, 0.15) is 5.58 Å². The van der Waals surface area contributed by atoms with Crippen molar-refractivity contribution in [3.8, 4) is 0 Å². The van der Waals surface area contributed by atoms with Crippen LogP contribution in [0.4, 0.5) is 5.69 Å². The first-order valence-corrected chi connectivity index (χ1v) is 9.53. The summed E-state index contributed by atoms with van der Waals surface area (Å²) in [6.07, 6.45) is 0.603. The summed E-state index contributed by atoms with van der Waals surface area (Å²) < 4.78 is 10.9. The highest BCUT2D eigenvalue weighted by Gasteiger charge is 2.20. The molecule has 0 aliphatic heterocycles. The smallest absolute Gasteiger partial charge is 0.311 e. The molecular formula is C23H18ClNO4. The molecule has 1 atom stereocenters. The molecule has 146 valence electrons. The van der Waals surface area contributed by atoms with Crippen LogP contribution < -0.4 is 5.32 Å². The van der Waals surface area contributed by atoms with Crippen LogP contribution in [0, 0.1) is 0 Å². The van der Waals surface area contributed by atoms with Crippen LogP contribution in [0.5, 0.6) is 0 Å². The summed E-state index contributed by atoms with van der Waals surface area (Å²) >= 11 is 6.04. The molecule has 3 aromatic carbocycles. The van der Waals surface area contributed by atoms with E-state index in [2.05, 4.69) is 5.32 Å². The van der Waals surface area contributed by atoms with E-state index < -0.39 is 18.0 Å². The molecule has 5 nitrogen and oxygen atoms in total. The number of hydrogen-bond donors (Lipinski definition) is 1. The van der Waals surface area contributed by atoms with Gasteiger partial charge in [-0.05, 0) is 35.9 Å². The van der Waals surface area contributed by atoms with E-state index in [1.54, 1.807) is 30.5 Å². The maximum Gasteiger partial charge on any atom is 0.311 e. The Bertz CT molecular complexity index is 1210. The molecule has 0 unspecified atom stereocenters. The quantitative estimate of drug-likeness (QED) is 0.452. The Morgan fingerprint density at radius 2 is 1.83 bits per heavy atom. The van der Waals surface area contributed by atoms with Crippen molar-refractivity contribution in [1.82, 2.24) is 0 Å². The summed E-state index contributed by atoms with van der Waals surface area (Å²) in [5, 5.41) is 6.02. The average Bonchev–Trinajstić information content (AvgIpc) is 3.12. The second-order valence-corrected chi connectivity index (χ2v) is 7.11. The van der Waals surface area contributed by atoms with Gasteiger partial charge in [-0.25, -0.2) is 0 Å². The predicted octanol–water partition coefficient (Wildman–Crippen LogP) is 5.35. The fourth-order valence-corrected chi connectivity index (χ4v) is 3.43.